The number of rotatable bonds is 4. The first kappa shape index (κ1) is 14.0. The van der Waals surface area contributed by atoms with Gasteiger partial charge in [0.15, 0.2) is 0 Å². The van der Waals surface area contributed by atoms with Crippen molar-refractivity contribution in [3.63, 3.8) is 0 Å². The largest absolute Gasteiger partial charge is 0.311 e. The molecule has 1 aliphatic carbocycles. The Morgan fingerprint density at radius 3 is 2.12 bits per heavy atom. The summed E-state index contributed by atoms with van der Waals surface area (Å²) >= 11 is 0. The molecule has 1 heteroatoms. The predicted octanol–water partition coefficient (Wildman–Crippen LogP) is 4.37. The molecule has 2 unspecified atom stereocenters. The van der Waals surface area contributed by atoms with E-state index in [2.05, 4.69) is 39.9 Å². The Balaban J connectivity index is 2.60. The summed E-state index contributed by atoms with van der Waals surface area (Å²) in [6.45, 7) is 11.8. The Hall–Kier alpha value is -0.0400. The Bertz CT molecular complexity index is 188. The number of nitrogens with one attached hydrogen (secondary N) is 1. The fraction of sp³-hybridized carbons (Fsp3) is 1.00. The topological polar surface area (TPSA) is 12.0 Å². The van der Waals surface area contributed by atoms with E-state index in [1.165, 1.54) is 38.5 Å². The van der Waals surface area contributed by atoms with Crippen molar-refractivity contribution >= 4 is 0 Å². The lowest BCUT2D eigenvalue weighted by Crippen LogP contribution is -2.48. The molecule has 2 atom stereocenters. The standard InChI is InChI=1S/C15H31N/c1-6-12(7-2)16-14-11-9-8-10-13(14)15(3,4)5/h12-14,16H,6-11H2,1-5H3. The van der Waals surface area contributed by atoms with Crippen LogP contribution in [0.2, 0.25) is 0 Å². The van der Waals surface area contributed by atoms with Gasteiger partial charge in [0.05, 0.1) is 0 Å². The van der Waals surface area contributed by atoms with E-state index in [-0.39, 0.29) is 0 Å². The van der Waals surface area contributed by atoms with Crippen molar-refractivity contribution in [3.05, 3.63) is 0 Å². The second kappa shape index (κ2) is 6.05. The normalized spacial score (nSPS) is 27.4. The first-order valence-electron chi connectivity index (χ1n) is 7.25. The van der Waals surface area contributed by atoms with Crippen molar-refractivity contribution in [2.24, 2.45) is 11.3 Å². The van der Waals surface area contributed by atoms with Crippen molar-refractivity contribution in [1.82, 2.24) is 5.32 Å². The lowest BCUT2D eigenvalue weighted by molar-refractivity contribution is 0.121. The second-order valence-electron chi connectivity index (χ2n) is 6.54. The van der Waals surface area contributed by atoms with Gasteiger partial charge in [-0.2, -0.15) is 0 Å². The zero-order chi connectivity index (χ0) is 12.2. The highest BCUT2D eigenvalue weighted by Crippen LogP contribution is 2.38. The lowest BCUT2D eigenvalue weighted by atomic mass is 9.69. The molecule has 1 nitrogen and oxygen atoms in total. The molecule has 96 valence electrons. The maximum Gasteiger partial charge on any atom is 0.0103 e. The molecule has 1 rings (SSSR count). The van der Waals surface area contributed by atoms with Gasteiger partial charge in [0, 0.05) is 12.1 Å². The van der Waals surface area contributed by atoms with Gasteiger partial charge in [-0.1, -0.05) is 47.5 Å². The quantitative estimate of drug-likeness (QED) is 0.749. The molecule has 0 aromatic rings. The van der Waals surface area contributed by atoms with Crippen molar-refractivity contribution in [2.45, 2.75) is 85.2 Å². The van der Waals surface area contributed by atoms with Crippen LogP contribution >= 0.6 is 0 Å². The van der Waals surface area contributed by atoms with E-state index in [0.717, 1.165) is 18.0 Å². The van der Waals surface area contributed by atoms with Crippen molar-refractivity contribution in [1.29, 1.82) is 0 Å². The van der Waals surface area contributed by atoms with E-state index in [1.807, 2.05) is 0 Å². The van der Waals surface area contributed by atoms with E-state index in [0.29, 0.717) is 5.41 Å². The fourth-order valence-corrected chi connectivity index (χ4v) is 3.19. The molecule has 0 radical (unpaired) electrons. The molecule has 0 aromatic carbocycles. The second-order valence-corrected chi connectivity index (χ2v) is 6.54. The summed E-state index contributed by atoms with van der Waals surface area (Å²) in [5.41, 5.74) is 0.462. The maximum absolute atomic E-state index is 3.91. The summed E-state index contributed by atoms with van der Waals surface area (Å²) in [5.74, 6) is 0.863. The molecule has 1 saturated carbocycles. The fourth-order valence-electron chi connectivity index (χ4n) is 3.19. The van der Waals surface area contributed by atoms with Gasteiger partial charge in [0.2, 0.25) is 0 Å². The third-order valence-corrected chi connectivity index (χ3v) is 4.31. The first-order chi connectivity index (χ1) is 7.49. The monoisotopic (exact) mass is 225 g/mol. The van der Waals surface area contributed by atoms with Crippen molar-refractivity contribution in [2.75, 3.05) is 0 Å². The Kier molecular flexibility index (Phi) is 5.30. The summed E-state index contributed by atoms with van der Waals surface area (Å²) in [7, 11) is 0. The summed E-state index contributed by atoms with van der Waals surface area (Å²) in [6, 6.07) is 1.49. The SMILES string of the molecule is CCC(CC)NC1CCCCC1C(C)(C)C. The van der Waals surface area contributed by atoms with Crippen LogP contribution in [-0.4, -0.2) is 12.1 Å². The Morgan fingerprint density at radius 1 is 1.06 bits per heavy atom. The van der Waals surface area contributed by atoms with Crippen LogP contribution < -0.4 is 5.32 Å². The highest BCUT2D eigenvalue weighted by atomic mass is 15.0. The highest BCUT2D eigenvalue weighted by molar-refractivity contribution is 4.89. The van der Waals surface area contributed by atoms with Crippen LogP contribution in [0.5, 0.6) is 0 Å². The lowest BCUT2D eigenvalue weighted by Gasteiger charge is -2.42. The van der Waals surface area contributed by atoms with E-state index < -0.39 is 0 Å². The average molecular weight is 225 g/mol. The van der Waals surface area contributed by atoms with Gasteiger partial charge in [0.25, 0.3) is 0 Å². The van der Waals surface area contributed by atoms with Crippen molar-refractivity contribution < 1.29 is 0 Å². The molecule has 0 heterocycles. The van der Waals surface area contributed by atoms with Gasteiger partial charge in [0.1, 0.15) is 0 Å². The third-order valence-electron chi connectivity index (χ3n) is 4.31. The van der Waals surface area contributed by atoms with Crippen LogP contribution in [-0.2, 0) is 0 Å². The molecule has 0 amide bonds. The minimum Gasteiger partial charge on any atom is -0.311 e. The molecule has 0 spiro atoms. The van der Waals surface area contributed by atoms with Crippen LogP contribution in [0.3, 0.4) is 0 Å². The first-order valence-corrected chi connectivity index (χ1v) is 7.25. The summed E-state index contributed by atoms with van der Waals surface area (Å²) < 4.78 is 0. The van der Waals surface area contributed by atoms with Gasteiger partial charge < -0.3 is 5.32 Å². The molecule has 16 heavy (non-hydrogen) atoms. The van der Waals surface area contributed by atoms with Gasteiger partial charge >= 0.3 is 0 Å². The molecule has 0 saturated heterocycles. The zero-order valence-corrected chi connectivity index (χ0v) is 12.0. The molecule has 0 aliphatic heterocycles. The van der Waals surface area contributed by atoms with E-state index in [9.17, 15) is 0 Å². The van der Waals surface area contributed by atoms with E-state index in [4.69, 9.17) is 0 Å². The van der Waals surface area contributed by atoms with E-state index >= 15 is 0 Å². The van der Waals surface area contributed by atoms with Crippen LogP contribution in [0.25, 0.3) is 0 Å². The zero-order valence-electron chi connectivity index (χ0n) is 12.0. The van der Waals surface area contributed by atoms with Crippen LogP contribution in [0.4, 0.5) is 0 Å². The minimum atomic E-state index is 0.462. The van der Waals surface area contributed by atoms with Crippen LogP contribution in [0, 0.1) is 11.3 Å². The van der Waals surface area contributed by atoms with Gasteiger partial charge in [-0.25, -0.2) is 0 Å². The Labute approximate surface area is 102 Å². The minimum absolute atomic E-state index is 0.462. The van der Waals surface area contributed by atoms with Crippen molar-refractivity contribution in [3.8, 4) is 0 Å². The summed E-state index contributed by atoms with van der Waals surface area (Å²) in [4.78, 5) is 0. The number of hydrogen-bond donors (Lipinski definition) is 1. The third kappa shape index (κ3) is 3.76. The summed E-state index contributed by atoms with van der Waals surface area (Å²) in [6.07, 6.45) is 8.20. The predicted molar refractivity (Wildman–Crippen MR) is 72.7 cm³/mol. The molecule has 1 aliphatic rings. The summed E-state index contributed by atoms with van der Waals surface area (Å²) in [5, 5.41) is 3.91. The van der Waals surface area contributed by atoms with Crippen LogP contribution in [0.1, 0.15) is 73.1 Å². The Morgan fingerprint density at radius 2 is 1.62 bits per heavy atom. The molecule has 1 N–H and O–H groups in total. The number of hydrogen-bond acceptors (Lipinski definition) is 1. The van der Waals surface area contributed by atoms with E-state index in [1.54, 1.807) is 0 Å². The van der Waals surface area contributed by atoms with Gasteiger partial charge in [-0.3, -0.25) is 0 Å². The highest BCUT2D eigenvalue weighted by Gasteiger charge is 2.34. The van der Waals surface area contributed by atoms with Gasteiger partial charge in [-0.15, -0.1) is 0 Å². The molecular weight excluding hydrogens is 194 g/mol. The molecule has 1 fully saturated rings. The van der Waals surface area contributed by atoms with Crippen LogP contribution in [0.15, 0.2) is 0 Å². The van der Waals surface area contributed by atoms with Gasteiger partial charge in [-0.05, 0) is 37.0 Å². The molecule has 0 bridgehead atoms. The maximum atomic E-state index is 3.91. The smallest absolute Gasteiger partial charge is 0.0103 e. The molecule has 0 aromatic heterocycles. The molecular formula is C15H31N. The average Bonchev–Trinajstić information content (AvgIpc) is 2.25.